The fourth-order valence-corrected chi connectivity index (χ4v) is 4.67. The van der Waals surface area contributed by atoms with Crippen molar-refractivity contribution in [3.05, 3.63) is 27.7 Å². The Hall–Kier alpha value is -0.430. The molecule has 1 aromatic rings. The van der Waals surface area contributed by atoms with Gasteiger partial charge in [-0.25, -0.2) is 8.42 Å². The molecule has 1 aliphatic carbocycles. The van der Waals surface area contributed by atoms with Crippen LogP contribution in [-0.2, 0) is 16.6 Å². The van der Waals surface area contributed by atoms with Crippen LogP contribution in [0.1, 0.15) is 30.9 Å². The van der Waals surface area contributed by atoms with Gasteiger partial charge in [0.2, 0.25) is 10.0 Å². The minimum Gasteiger partial charge on any atom is -0.392 e. The molecule has 1 aromatic carbocycles. The monoisotopic (exact) mass is 361 g/mol. The van der Waals surface area contributed by atoms with Gasteiger partial charge in [-0.05, 0) is 55.9 Å². The van der Waals surface area contributed by atoms with Crippen molar-refractivity contribution in [1.82, 2.24) is 4.31 Å². The minimum atomic E-state index is -3.54. The standard InChI is InChI=1S/C14H20BrNO3S/c1-9-13(15)6-11(8-17)7-14(9)20(18,19)16(3)10(2)12-4-5-12/h6-7,10,12,17H,4-5,8H2,1-3H3. The molecule has 6 heteroatoms. The highest BCUT2D eigenvalue weighted by atomic mass is 79.9. The average Bonchev–Trinajstić information content (AvgIpc) is 3.24. The van der Waals surface area contributed by atoms with Crippen LogP contribution in [0.4, 0.5) is 0 Å². The van der Waals surface area contributed by atoms with Crippen molar-refractivity contribution >= 4 is 26.0 Å². The van der Waals surface area contributed by atoms with Crippen LogP contribution in [0.2, 0.25) is 0 Å². The summed E-state index contributed by atoms with van der Waals surface area (Å²) in [5.74, 6) is 0.472. The summed E-state index contributed by atoms with van der Waals surface area (Å²) in [5.41, 5.74) is 1.27. The lowest BCUT2D eigenvalue weighted by Crippen LogP contribution is -2.36. The zero-order chi connectivity index (χ0) is 15.1. The van der Waals surface area contributed by atoms with Crippen LogP contribution < -0.4 is 0 Å². The molecule has 0 aromatic heterocycles. The fraction of sp³-hybridized carbons (Fsp3) is 0.571. The van der Waals surface area contributed by atoms with Gasteiger partial charge in [-0.1, -0.05) is 15.9 Å². The number of aliphatic hydroxyl groups excluding tert-OH is 1. The summed E-state index contributed by atoms with van der Waals surface area (Å²) in [5, 5.41) is 9.26. The zero-order valence-electron chi connectivity index (χ0n) is 11.9. The molecule has 0 amide bonds. The SMILES string of the molecule is Cc1c(Br)cc(CO)cc1S(=O)(=O)N(C)C(C)C1CC1. The van der Waals surface area contributed by atoms with E-state index in [4.69, 9.17) is 0 Å². The first kappa shape index (κ1) is 15.9. The lowest BCUT2D eigenvalue weighted by Gasteiger charge is -2.25. The van der Waals surface area contributed by atoms with Crippen molar-refractivity contribution in [2.45, 2.75) is 44.2 Å². The van der Waals surface area contributed by atoms with Crippen LogP contribution in [0.25, 0.3) is 0 Å². The molecule has 2 rings (SSSR count). The van der Waals surface area contributed by atoms with Crippen molar-refractivity contribution in [2.75, 3.05) is 7.05 Å². The second-order valence-corrected chi connectivity index (χ2v) is 8.28. The van der Waals surface area contributed by atoms with Gasteiger partial charge in [0.1, 0.15) is 0 Å². The molecule has 1 unspecified atom stereocenters. The summed E-state index contributed by atoms with van der Waals surface area (Å²) in [4.78, 5) is 0.269. The summed E-state index contributed by atoms with van der Waals surface area (Å²) in [7, 11) is -1.90. The third kappa shape index (κ3) is 2.93. The normalized spacial score (nSPS) is 17.5. The number of hydrogen-bond acceptors (Lipinski definition) is 3. The quantitative estimate of drug-likeness (QED) is 0.876. The smallest absolute Gasteiger partial charge is 0.243 e. The van der Waals surface area contributed by atoms with Gasteiger partial charge in [-0.3, -0.25) is 0 Å². The zero-order valence-corrected chi connectivity index (χ0v) is 14.3. The maximum absolute atomic E-state index is 12.8. The number of halogens is 1. The Morgan fingerprint density at radius 1 is 1.45 bits per heavy atom. The molecule has 0 aliphatic heterocycles. The third-order valence-electron chi connectivity index (χ3n) is 4.07. The van der Waals surface area contributed by atoms with Gasteiger partial charge in [0, 0.05) is 17.6 Å². The number of aliphatic hydroxyl groups is 1. The molecule has 0 saturated heterocycles. The molecule has 4 nitrogen and oxygen atoms in total. The third-order valence-corrected chi connectivity index (χ3v) is 6.97. The van der Waals surface area contributed by atoms with Crippen molar-refractivity contribution in [1.29, 1.82) is 0 Å². The van der Waals surface area contributed by atoms with Crippen LogP contribution in [-0.4, -0.2) is 30.9 Å². The summed E-state index contributed by atoms with van der Waals surface area (Å²) in [6.45, 7) is 3.55. The number of sulfonamides is 1. The average molecular weight is 362 g/mol. The molecule has 112 valence electrons. The highest BCUT2D eigenvalue weighted by Gasteiger charge is 2.36. The van der Waals surface area contributed by atoms with Gasteiger partial charge in [0.05, 0.1) is 11.5 Å². The van der Waals surface area contributed by atoms with E-state index in [1.165, 1.54) is 4.31 Å². The summed E-state index contributed by atoms with van der Waals surface area (Å²) >= 11 is 3.36. The van der Waals surface area contributed by atoms with E-state index in [1.807, 2.05) is 6.92 Å². The number of nitrogens with zero attached hydrogens (tertiary/aromatic N) is 1. The number of rotatable bonds is 5. The van der Waals surface area contributed by atoms with Crippen LogP contribution in [0.3, 0.4) is 0 Å². The van der Waals surface area contributed by atoms with Crippen LogP contribution in [0.5, 0.6) is 0 Å². The number of benzene rings is 1. The fourth-order valence-electron chi connectivity index (χ4n) is 2.32. The molecule has 0 radical (unpaired) electrons. The van der Waals surface area contributed by atoms with E-state index in [1.54, 1.807) is 26.1 Å². The van der Waals surface area contributed by atoms with Crippen molar-refractivity contribution < 1.29 is 13.5 Å². The largest absolute Gasteiger partial charge is 0.392 e. The van der Waals surface area contributed by atoms with Crippen LogP contribution >= 0.6 is 15.9 Å². The van der Waals surface area contributed by atoms with Crippen LogP contribution in [0.15, 0.2) is 21.5 Å². The topological polar surface area (TPSA) is 57.6 Å². The Bertz CT molecular complexity index is 611. The van der Waals surface area contributed by atoms with E-state index in [2.05, 4.69) is 15.9 Å². The van der Waals surface area contributed by atoms with Gasteiger partial charge in [-0.15, -0.1) is 0 Å². The minimum absolute atomic E-state index is 0.0101. The van der Waals surface area contributed by atoms with Crippen molar-refractivity contribution in [3.8, 4) is 0 Å². The van der Waals surface area contributed by atoms with Crippen molar-refractivity contribution in [2.24, 2.45) is 5.92 Å². The van der Waals surface area contributed by atoms with Crippen LogP contribution in [0, 0.1) is 12.8 Å². The second-order valence-electron chi connectivity index (χ2n) is 5.46. The Balaban J connectivity index is 2.45. The van der Waals surface area contributed by atoms with E-state index in [-0.39, 0.29) is 17.5 Å². The van der Waals surface area contributed by atoms with E-state index in [0.29, 0.717) is 21.5 Å². The first-order chi connectivity index (χ1) is 9.28. The first-order valence-corrected chi connectivity index (χ1v) is 8.90. The Labute approximate surface area is 129 Å². The summed E-state index contributed by atoms with van der Waals surface area (Å²) in [6, 6.07) is 3.32. The molecule has 0 bridgehead atoms. The molecular weight excluding hydrogens is 342 g/mol. The molecule has 1 fully saturated rings. The van der Waals surface area contributed by atoms with Gasteiger partial charge in [0.25, 0.3) is 0 Å². The molecule has 20 heavy (non-hydrogen) atoms. The summed E-state index contributed by atoms with van der Waals surface area (Å²) in [6.07, 6.45) is 2.20. The maximum Gasteiger partial charge on any atom is 0.243 e. The van der Waals surface area contributed by atoms with E-state index >= 15 is 0 Å². The van der Waals surface area contributed by atoms with Gasteiger partial charge in [-0.2, -0.15) is 4.31 Å². The predicted molar refractivity (Wildman–Crippen MR) is 81.9 cm³/mol. The summed E-state index contributed by atoms with van der Waals surface area (Å²) < 4.78 is 27.7. The Morgan fingerprint density at radius 3 is 2.55 bits per heavy atom. The Morgan fingerprint density at radius 2 is 2.05 bits per heavy atom. The highest BCUT2D eigenvalue weighted by Crippen LogP contribution is 2.37. The van der Waals surface area contributed by atoms with Gasteiger partial charge < -0.3 is 5.11 Å². The van der Waals surface area contributed by atoms with Gasteiger partial charge >= 0.3 is 0 Å². The van der Waals surface area contributed by atoms with E-state index in [9.17, 15) is 13.5 Å². The first-order valence-electron chi connectivity index (χ1n) is 6.67. The molecule has 0 spiro atoms. The lowest BCUT2D eigenvalue weighted by atomic mass is 10.2. The van der Waals surface area contributed by atoms with E-state index < -0.39 is 10.0 Å². The lowest BCUT2D eigenvalue weighted by molar-refractivity contribution is 0.281. The molecule has 0 heterocycles. The molecular formula is C14H20BrNO3S. The molecule has 1 aliphatic rings. The Kier molecular flexibility index (Phi) is 4.59. The molecule has 1 saturated carbocycles. The molecule has 1 N–H and O–H groups in total. The number of hydrogen-bond donors (Lipinski definition) is 1. The van der Waals surface area contributed by atoms with E-state index in [0.717, 1.165) is 12.8 Å². The predicted octanol–water partition coefficient (Wildman–Crippen LogP) is 2.67. The second kappa shape index (κ2) is 5.75. The van der Waals surface area contributed by atoms with Crippen molar-refractivity contribution in [3.63, 3.8) is 0 Å². The molecule has 1 atom stereocenters. The highest BCUT2D eigenvalue weighted by molar-refractivity contribution is 9.10. The van der Waals surface area contributed by atoms with Gasteiger partial charge in [0.15, 0.2) is 0 Å². The maximum atomic E-state index is 12.8.